The molecule has 0 aliphatic rings. The molecule has 32 heavy (non-hydrogen) atoms. The van der Waals surface area contributed by atoms with Crippen LogP contribution in [-0.2, 0) is 11.2 Å². The molecule has 0 amide bonds. The number of hydrogen-bond acceptors (Lipinski definition) is 4. The molecule has 0 aliphatic heterocycles. The molecule has 5 heteroatoms. The van der Waals surface area contributed by atoms with Crippen molar-refractivity contribution in [1.82, 2.24) is 0 Å². The van der Waals surface area contributed by atoms with Crippen LogP contribution in [0.4, 0.5) is 0 Å². The summed E-state index contributed by atoms with van der Waals surface area (Å²) in [6.45, 7) is 6.06. The summed E-state index contributed by atoms with van der Waals surface area (Å²) in [5.41, 5.74) is 3.77. The number of phenols is 3. The summed E-state index contributed by atoms with van der Waals surface area (Å²) in [7, 11) is 0. The Morgan fingerprint density at radius 2 is 1.28 bits per heavy atom. The molecule has 0 aromatic heterocycles. The van der Waals surface area contributed by atoms with E-state index in [1.54, 1.807) is 49.4 Å². The molecule has 0 bridgehead atoms. The Labute approximate surface area is 188 Å². The molecule has 0 saturated carbocycles. The summed E-state index contributed by atoms with van der Waals surface area (Å²) in [6, 6.07) is 19.0. The van der Waals surface area contributed by atoms with Crippen LogP contribution in [0.25, 0.3) is 12.2 Å². The SMILES string of the molecule is CC(C)Cc1ccc(C(C)C(=O)O)cc1.Oc1ccc(/C=C/c2cc(O)cc(O)c2)cc1. The number of phenolic OH excluding ortho intramolecular Hbond substituents is 3. The summed E-state index contributed by atoms with van der Waals surface area (Å²) in [5, 5.41) is 36.6. The van der Waals surface area contributed by atoms with Crippen LogP contribution >= 0.6 is 0 Å². The number of benzene rings is 3. The predicted octanol–water partition coefficient (Wildman–Crippen LogP) is 6.05. The van der Waals surface area contributed by atoms with Gasteiger partial charge in [-0.2, -0.15) is 0 Å². The summed E-state index contributed by atoms with van der Waals surface area (Å²) in [6.07, 6.45) is 4.64. The van der Waals surface area contributed by atoms with Crippen LogP contribution in [0.5, 0.6) is 17.2 Å². The Balaban J connectivity index is 0.000000229. The summed E-state index contributed by atoms with van der Waals surface area (Å²) in [5.74, 6) is -0.291. The highest BCUT2D eigenvalue weighted by molar-refractivity contribution is 5.75. The van der Waals surface area contributed by atoms with Crippen molar-refractivity contribution in [3.8, 4) is 17.2 Å². The van der Waals surface area contributed by atoms with Gasteiger partial charge in [0.15, 0.2) is 0 Å². The first-order valence-corrected chi connectivity index (χ1v) is 10.5. The van der Waals surface area contributed by atoms with Gasteiger partial charge >= 0.3 is 5.97 Å². The molecule has 1 unspecified atom stereocenters. The molecule has 0 aliphatic carbocycles. The predicted molar refractivity (Wildman–Crippen MR) is 128 cm³/mol. The normalized spacial score (nSPS) is 11.8. The zero-order valence-corrected chi connectivity index (χ0v) is 18.6. The molecule has 1 atom stereocenters. The average Bonchev–Trinajstić information content (AvgIpc) is 2.73. The molecule has 0 radical (unpaired) electrons. The molecular weight excluding hydrogens is 404 g/mol. The maximum absolute atomic E-state index is 10.8. The molecule has 168 valence electrons. The molecule has 3 aromatic rings. The minimum absolute atomic E-state index is 0.0235. The first kappa shape index (κ1) is 24.5. The van der Waals surface area contributed by atoms with Crippen molar-refractivity contribution in [2.75, 3.05) is 0 Å². The fourth-order valence-corrected chi connectivity index (χ4v) is 3.05. The third kappa shape index (κ3) is 8.19. The number of aromatic hydroxyl groups is 3. The molecule has 0 fully saturated rings. The lowest BCUT2D eigenvalue weighted by molar-refractivity contribution is -0.138. The highest BCUT2D eigenvalue weighted by Gasteiger charge is 2.12. The van der Waals surface area contributed by atoms with Crippen molar-refractivity contribution in [2.24, 2.45) is 5.92 Å². The Morgan fingerprint density at radius 3 is 1.78 bits per heavy atom. The average molecular weight is 435 g/mol. The molecule has 4 N–H and O–H groups in total. The number of hydrogen-bond donors (Lipinski definition) is 4. The Kier molecular flexibility index (Phi) is 8.90. The van der Waals surface area contributed by atoms with E-state index >= 15 is 0 Å². The molecule has 0 heterocycles. The maximum atomic E-state index is 10.8. The van der Waals surface area contributed by atoms with Crippen LogP contribution in [0.15, 0.2) is 66.7 Å². The van der Waals surface area contributed by atoms with Crippen molar-refractivity contribution in [2.45, 2.75) is 33.1 Å². The second kappa shape index (κ2) is 11.6. The van der Waals surface area contributed by atoms with E-state index in [9.17, 15) is 15.0 Å². The number of rotatable bonds is 6. The van der Waals surface area contributed by atoms with E-state index in [2.05, 4.69) is 13.8 Å². The van der Waals surface area contributed by atoms with Crippen molar-refractivity contribution >= 4 is 18.1 Å². The third-order valence-corrected chi connectivity index (χ3v) is 4.78. The first-order chi connectivity index (χ1) is 15.1. The minimum Gasteiger partial charge on any atom is -0.508 e. The summed E-state index contributed by atoms with van der Waals surface area (Å²) >= 11 is 0. The van der Waals surface area contributed by atoms with Gasteiger partial charge in [0, 0.05) is 6.07 Å². The second-order valence-corrected chi connectivity index (χ2v) is 8.11. The number of carboxylic acids is 1. The van der Waals surface area contributed by atoms with Crippen LogP contribution in [-0.4, -0.2) is 26.4 Å². The van der Waals surface area contributed by atoms with Gasteiger partial charge < -0.3 is 20.4 Å². The monoisotopic (exact) mass is 434 g/mol. The fraction of sp³-hybridized carbons (Fsp3) is 0.222. The standard InChI is InChI=1S/C14H12O3.C13H18O2/c15-12-5-3-10(4-6-12)1-2-11-7-13(16)9-14(17)8-11;1-9(2)8-11-4-6-12(7-5-11)10(3)13(14)15/h1-9,15-17H;4-7,9-10H,8H2,1-3H3,(H,14,15)/b2-1+;. The summed E-state index contributed by atoms with van der Waals surface area (Å²) in [4.78, 5) is 10.8. The molecule has 5 nitrogen and oxygen atoms in total. The van der Waals surface area contributed by atoms with Gasteiger partial charge in [0.05, 0.1) is 5.92 Å². The van der Waals surface area contributed by atoms with Crippen molar-refractivity contribution < 1.29 is 25.2 Å². The zero-order valence-electron chi connectivity index (χ0n) is 18.6. The number of carboxylic acid groups (broad SMARTS) is 1. The van der Waals surface area contributed by atoms with E-state index in [1.807, 2.05) is 30.3 Å². The molecule has 3 aromatic carbocycles. The van der Waals surface area contributed by atoms with Crippen molar-refractivity contribution in [1.29, 1.82) is 0 Å². The smallest absolute Gasteiger partial charge is 0.310 e. The maximum Gasteiger partial charge on any atom is 0.310 e. The number of aliphatic carboxylic acids is 1. The lowest BCUT2D eigenvalue weighted by Gasteiger charge is -2.09. The Bertz CT molecular complexity index is 1010. The van der Waals surface area contributed by atoms with Gasteiger partial charge in [-0.1, -0.05) is 62.4 Å². The molecule has 0 spiro atoms. The van der Waals surface area contributed by atoms with Crippen LogP contribution < -0.4 is 0 Å². The van der Waals surface area contributed by atoms with Gasteiger partial charge in [0.25, 0.3) is 0 Å². The van der Waals surface area contributed by atoms with Gasteiger partial charge in [-0.05, 0) is 65.8 Å². The van der Waals surface area contributed by atoms with E-state index in [1.165, 1.54) is 11.6 Å². The van der Waals surface area contributed by atoms with Gasteiger partial charge in [0.1, 0.15) is 17.2 Å². The van der Waals surface area contributed by atoms with E-state index in [-0.39, 0.29) is 17.2 Å². The van der Waals surface area contributed by atoms with Gasteiger partial charge in [-0.25, -0.2) is 0 Å². The molecular formula is C27H30O5. The highest BCUT2D eigenvalue weighted by atomic mass is 16.4. The zero-order chi connectivity index (χ0) is 23.7. The minimum atomic E-state index is -0.772. The second-order valence-electron chi connectivity index (χ2n) is 8.11. The van der Waals surface area contributed by atoms with Gasteiger partial charge in [-0.15, -0.1) is 0 Å². The lowest BCUT2D eigenvalue weighted by Crippen LogP contribution is -2.07. The quantitative estimate of drug-likeness (QED) is 0.354. The van der Waals surface area contributed by atoms with Gasteiger partial charge in [0.2, 0.25) is 0 Å². The fourth-order valence-electron chi connectivity index (χ4n) is 3.05. The van der Waals surface area contributed by atoms with E-state index < -0.39 is 11.9 Å². The topological polar surface area (TPSA) is 98.0 Å². The van der Waals surface area contributed by atoms with Crippen LogP contribution in [0.1, 0.15) is 48.9 Å². The van der Waals surface area contributed by atoms with Crippen molar-refractivity contribution in [3.63, 3.8) is 0 Å². The largest absolute Gasteiger partial charge is 0.508 e. The van der Waals surface area contributed by atoms with E-state index in [4.69, 9.17) is 10.2 Å². The van der Waals surface area contributed by atoms with E-state index in [0.717, 1.165) is 17.5 Å². The molecule has 0 saturated heterocycles. The van der Waals surface area contributed by atoms with Crippen molar-refractivity contribution in [3.05, 3.63) is 89.0 Å². The Morgan fingerprint density at radius 1 is 0.750 bits per heavy atom. The lowest BCUT2D eigenvalue weighted by atomic mass is 9.97. The summed E-state index contributed by atoms with van der Waals surface area (Å²) < 4.78 is 0. The van der Waals surface area contributed by atoms with Crippen LogP contribution in [0.3, 0.4) is 0 Å². The molecule has 3 rings (SSSR count). The van der Waals surface area contributed by atoms with E-state index in [0.29, 0.717) is 11.5 Å². The number of carbonyl (C=O) groups is 1. The highest BCUT2D eigenvalue weighted by Crippen LogP contribution is 2.22. The van der Waals surface area contributed by atoms with Crippen LogP contribution in [0, 0.1) is 5.92 Å². The first-order valence-electron chi connectivity index (χ1n) is 10.5. The van der Waals surface area contributed by atoms with Gasteiger partial charge in [-0.3, -0.25) is 4.79 Å². The Hall–Kier alpha value is -3.73. The third-order valence-electron chi connectivity index (χ3n) is 4.78. The van der Waals surface area contributed by atoms with Crippen LogP contribution in [0.2, 0.25) is 0 Å².